The fraction of sp³-hybridized carbons (Fsp3) is 0.357. The van der Waals surface area contributed by atoms with Gasteiger partial charge in [0.25, 0.3) is 0 Å². The summed E-state index contributed by atoms with van der Waals surface area (Å²) in [6.07, 6.45) is 0. The van der Waals surface area contributed by atoms with Crippen molar-refractivity contribution in [3.8, 4) is 11.1 Å². The summed E-state index contributed by atoms with van der Waals surface area (Å²) in [5.41, 5.74) is 11.6. The molecule has 1 aromatic carbocycles. The quantitative estimate of drug-likeness (QED) is 0.878. The predicted octanol–water partition coefficient (Wildman–Crippen LogP) is 2.43. The Morgan fingerprint density at radius 3 is 2.35 bits per heavy atom. The maximum absolute atomic E-state index is 5.59. The molecular weight excluding hydrogens is 210 g/mol. The van der Waals surface area contributed by atoms with Crippen LogP contribution in [0.4, 0.5) is 0 Å². The van der Waals surface area contributed by atoms with Crippen molar-refractivity contribution in [2.24, 2.45) is 5.73 Å². The van der Waals surface area contributed by atoms with Crippen LogP contribution in [-0.2, 0) is 6.54 Å². The van der Waals surface area contributed by atoms with E-state index >= 15 is 0 Å². The molecule has 3 heteroatoms. The molecule has 2 N–H and O–H groups in total. The lowest BCUT2D eigenvalue weighted by Gasteiger charge is -2.04. The number of aromatic nitrogens is 2. The second-order valence-electron chi connectivity index (χ2n) is 4.42. The van der Waals surface area contributed by atoms with Gasteiger partial charge in [0.2, 0.25) is 0 Å². The summed E-state index contributed by atoms with van der Waals surface area (Å²) in [5, 5.41) is 4.54. The van der Waals surface area contributed by atoms with E-state index < -0.39 is 0 Å². The highest BCUT2D eigenvalue weighted by Gasteiger charge is 2.12. The minimum Gasteiger partial charge on any atom is -0.329 e. The van der Waals surface area contributed by atoms with E-state index in [0.29, 0.717) is 6.54 Å². The van der Waals surface area contributed by atoms with Gasteiger partial charge in [-0.3, -0.25) is 4.68 Å². The van der Waals surface area contributed by atoms with Crippen LogP contribution in [-0.4, -0.2) is 16.3 Å². The molecule has 0 radical (unpaired) electrons. The third kappa shape index (κ3) is 2.24. The van der Waals surface area contributed by atoms with Gasteiger partial charge >= 0.3 is 0 Å². The Bertz CT molecular complexity index is 509. The number of hydrogen-bond acceptors (Lipinski definition) is 2. The molecule has 90 valence electrons. The molecule has 0 aliphatic heterocycles. The van der Waals surface area contributed by atoms with Gasteiger partial charge < -0.3 is 5.73 Å². The van der Waals surface area contributed by atoms with Gasteiger partial charge in [0.1, 0.15) is 0 Å². The molecule has 17 heavy (non-hydrogen) atoms. The lowest BCUT2D eigenvalue weighted by molar-refractivity contribution is 0.604. The number of aryl methyl sites for hydroxylation is 2. The molecule has 1 heterocycles. The van der Waals surface area contributed by atoms with Crippen LogP contribution in [0.3, 0.4) is 0 Å². The molecule has 0 fully saturated rings. The third-order valence-electron chi connectivity index (χ3n) is 3.06. The van der Waals surface area contributed by atoms with Gasteiger partial charge in [-0.2, -0.15) is 5.10 Å². The van der Waals surface area contributed by atoms with E-state index in [1.54, 1.807) is 0 Å². The molecule has 0 aliphatic rings. The van der Waals surface area contributed by atoms with Crippen LogP contribution in [0.5, 0.6) is 0 Å². The molecule has 1 aromatic heterocycles. The summed E-state index contributed by atoms with van der Waals surface area (Å²) in [7, 11) is 0. The van der Waals surface area contributed by atoms with Crippen molar-refractivity contribution in [2.45, 2.75) is 27.3 Å². The zero-order chi connectivity index (χ0) is 12.4. The smallest absolute Gasteiger partial charge is 0.0674 e. The van der Waals surface area contributed by atoms with Crippen molar-refractivity contribution in [1.29, 1.82) is 0 Å². The van der Waals surface area contributed by atoms with Crippen LogP contribution in [0.25, 0.3) is 11.1 Å². The molecule has 0 unspecified atom stereocenters. The summed E-state index contributed by atoms with van der Waals surface area (Å²) in [5.74, 6) is 0. The molecule has 2 aromatic rings. The van der Waals surface area contributed by atoms with Crippen LogP contribution in [0.1, 0.15) is 17.0 Å². The Balaban J connectivity index is 2.48. The standard InChI is InChI=1S/C14H19N3/c1-10-4-6-13(7-5-10)14-11(2)16-17(9-8-15)12(14)3/h4-7H,8-9,15H2,1-3H3. The number of hydrogen-bond donors (Lipinski definition) is 1. The largest absolute Gasteiger partial charge is 0.329 e. The highest BCUT2D eigenvalue weighted by Crippen LogP contribution is 2.26. The molecule has 0 saturated carbocycles. The molecule has 0 amide bonds. The lowest BCUT2D eigenvalue weighted by atomic mass is 10.0. The van der Waals surface area contributed by atoms with Gasteiger partial charge in [0, 0.05) is 17.8 Å². The van der Waals surface area contributed by atoms with Gasteiger partial charge in [0.05, 0.1) is 12.2 Å². The van der Waals surface area contributed by atoms with Crippen molar-refractivity contribution in [3.05, 3.63) is 41.2 Å². The maximum atomic E-state index is 5.59. The van der Waals surface area contributed by atoms with Crippen LogP contribution >= 0.6 is 0 Å². The number of benzene rings is 1. The SMILES string of the molecule is Cc1ccc(-c2c(C)nn(CCN)c2C)cc1. The number of rotatable bonds is 3. The van der Waals surface area contributed by atoms with E-state index in [-0.39, 0.29) is 0 Å². The number of nitrogens with two attached hydrogens (primary N) is 1. The third-order valence-corrected chi connectivity index (χ3v) is 3.06. The normalized spacial score (nSPS) is 10.8. The van der Waals surface area contributed by atoms with E-state index in [1.165, 1.54) is 22.4 Å². The first-order valence-corrected chi connectivity index (χ1v) is 5.94. The van der Waals surface area contributed by atoms with E-state index in [9.17, 15) is 0 Å². The zero-order valence-electron chi connectivity index (χ0n) is 10.7. The fourth-order valence-electron chi connectivity index (χ4n) is 2.17. The summed E-state index contributed by atoms with van der Waals surface area (Å²) >= 11 is 0. The van der Waals surface area contributed by atoms with Crippen molar-refractivity contribution in [2.75, 3.05) is 6.54 Å². The van der Waals surface area contributed by atoms with E-state index in [1.807, 2.05) is 4.68 Å². The molecule has 0 bridgehead atoms. The lowest BCUT2D eigenvalue weighted by Crippen LogP contribution is -2.12. The first kappa shape index (κ1) is 11.9. The van der Waals surface area contributed by atoms with Gasteiger partial charge in [-0.05, 0) is 26.3 Å². The first-order chi connectivity index (χ1) is 8.13. The van der Waals surface area contributed by atoms with E-state index in [2.05, 4.69) is 50.1 Å². The van der Waals surface area contributed by atoms with Gasteiger partial charge in [0.15, 0.2) is 0 Å². The minimum atomic E-state index is 0.620. The van der Waals surface area contributed by atoms with E-state index in [4.69, 9.17) is 5.73 Å². The molecule has 3 nitrogen and oxygen atoms in total. The van der Waals surface area contributed by atoms with Crippen molar-refractivity contribution >= 4 is 0 Å². The van der Waals surface area contributed by atoms with Gasteiger partial charge in [-0.1, -0.05) is 29.8 Å². The molecule has 0 aliphatic carbocycles. The average Bonchev–Trinajstić information content (AvgIpc) is 2.57. The summed E-state index contributed by atoms with van der Waals surface area (Å²) in [6, 6.07) is 8.57. The fourth-order valence-corrected chi connectivity index (χ4v) is 2.17. The Hall–Kier alpha value is -1.61. The van der Waals surface area contributed by atoms with Crippen LogP contribution < -0.4 is 5.73 Å². The second-order valence-corrected chi connectivity index (χ2v) is 4.42. The first-order valence-electron chi connectivity index (χ1n) is 5.94. The van der Waals surface area contributed by atoms with E-state index in [0.717, 1.165) is 12.2 Å². The van der Waals surface area contributed by atoms with Crippen LogP contribution in [0.2, 0.25) is 0 Å². The maximum Gasteiger partial charge on any atom is 0.0674 e. The van der Waals surface area contributed by atoms with Gasteiger partial charge in [-0.15, -0.1) is 0 Å². The molecule has 0 atom stereocenters. The molecule has 2 rings (SSSR count). The minimum absolute atomic E-state index is 0.620. The molecular formula is C14H19N3. The summed E-state index contributed by atoms with van der Waals surface area (Å²) in [6.45, 7) is 7.65. The Labute approximate surface area is 102 Å². The van der Waals surface area contributed by atoms with Gasteiger partial charge in [-0.25, -0.2) is 0 Å². The monoisotopic (exact) mass is 229 g/mol. The average molecular weight is 229 g/mol. The summed E-state index contributed by atoms with van der Waals surface area (Å²) < 4.78 is 1.99. The topological polar surface area (TPSA) is 43.8 Å². The highest BCUT2D eigenvalue weighted by atomic mass is 15.3. The highest BCUT2D eigenvalue weighted by molar-refractivity contribution is 5.68. The second kappa shape index (κ2) is 4.72. The Kier molecular flexibility index (Phi) is 3.29. The Morgan fingerprint density at radius 1 is 1.12 bits per heavy atom. The number of nitrogens with zero attached hydrogens (tertiary/aromatic N) is 2. The van der Waals surface area contributed by atoms with Crippen molar-refractivity contribution in [3.63, 3.8) is 0 Å². The predicted molar refractivity (Wildman–Crippen MR) is 70.9 cm³/mol. The van der Waals surface area contributed by atoms with Crippen LogP contribution in [0, 0.1) is 20.8 Å². The van der Waals surface area contributed by atoms with Crippen LogP contribution in [0.15, 0.2) is 24.3 Å². The molecule has 0 spiro atoms. The van der Waals surface area contributed by atoms with Crippen molar-refractivity contribution in [1.82, 2.24) is 9.78 Å². The van der Waals surface area contributed by atoms with Crippen molar-refractivity contribution < 1.29 is 0 Å². The molecule has 0 saturated heterocycles. The Morgan fingerprint density at radius 2 is 1.76 bits per heavy atom. The summed E-state index contributed by atoms with van der Waals surface area (Å²) in [4.78, 5) is 0. The zero-order valence-corrected chi connectivity index (χ0v) is 10.7.